The third kappa shape index (κ3) is 3.67. The third-order valence-electron chi connectivity index (χ3n) is 5.78. The van der Waals surface area contributed by atoms with E-state index in [0.717, 1.165) is 40.4 Å². The molecule has 0 radical (unpaired) electrons. The SMILES string of the molecule is CN(Cc1ccc2c(c1)OCCO2)C(=O)C1CC=CCC1c1nc2ccccc2s1. The van der Waals surface area contributed by atoms with E-state index in [1.54, 1.807) is 11.3 Å². The molecule has 2 atom stereocenters. The summed E-state index contributed by atoms with van der Waals surface area (Å²) in [6, 6.07) is 14.1. The molecule has 6 heteroatoms. The van der Waals surface area contributed by atoms with Crippen molar-refractivity contribution in [2.24, 2.45) is 5.92 Å². The van der Waals surface area contributed by atoms with Crippen molar-refractivity contribution in [1.82, 2.24) is 9.88 Å². The smallest absolute Gasteiger partial charge is 0.226 e. The Morgan fingerprint density at radius 1 is 1.10 bits per heavy atom. The molecule has 0 N–H and O–H groups in total. The molecule has 0 bridgehead atoms. The van der Waals surface area contributed by atoms with E-state index in [2.05, 4.69) is 18.2 Å². The molecule has 3 aromatic rings. The molecule has 2 aliphatic rings. The van der Waals surface area contributed by atoms with Crippen LogP contribution in [0.5, 0.6) is 11.5 Å². The van der Waals surface area contributed by atoms with Crippen LogP contribution in [0, 0.1) is 5.92 Å². The van der Waals surface area contributed by atoms with Gasteiger partial charge >= 0.3 is 0 Å². The zero-order valence-corrected chi connectivity index (χ0v) is 17.7. The lowest BCUT2D eigenvalue weighted by molar-refractivity contribution is -0.135. The van der Waals surface area contributed by atoms with Crippen LogP contribution >= 0.6 is 11.3 Å². The number of benzene rings is 2. The maximum Gasteiger partial charge on any atom is 0.226 e. The Balaban J connectivity index is 1.35. The number of nitrogens with zero attached hydrogens (tertiary/aromatic N) is 2. The van der Waals surface area contributed by atoms with Gasteiger partial charge in [0, 0.05) is 19.5 Å². The number of ether oxygens (including phenoxy) is 2. The molecule has 1 aromatic heterocycles. The summed E-state index contributed by atoms with van der Waals surface area (Å²) in [5, 5.41) is 1.06. The van der Waals surface area contributed by atoms with E-state index in [1.165, 1.54) is 4.70 Å². The van der Waals surface area contributed by atoms with Gasteiger partial charge in [0.25, 0.3) is 0 Å². The van der Waals surface area contributed by atoms with Gasteiger partial charge in [0.05, 0.1) is 21.1 Å². The Morgan fingerprint density at radius 3 is 2.77 bits per heavy atom. The molecule has 5 rings (SSSR count). The van der Waals surface area contributed by atoms with Gasteiger partial charge in [0.1, 0.15) is 13.2 Å². The van der Waals surface area contributed by atoms with Crippen molar-refractivity contribution in [2.75, 3.05) is 20.3 Å². The Labute approximate surface area is 179 Å². The summed E-state index contributed by atoms with van der Waals surface area (Å²) in [7, 11) is 1.88. The van der Waals surface area contributed by atoms with Crippen LogP contribution in [0.4, 0.5) is 0 Å². The van der Waals surface area contributed by atoms with Gasteiger partial charge in [-0.2, -0.15) is 0 Å². The average Bonchev–Trinajstić information content (AvgIpc) is 3.22. The number of aromatic nitrogens is 1. The Morgan fingerprint density at radius 2 is 1.90 bits per heavy atom. The van der Waals surface area contributed by atoms with E-state index in [-0.39, 0.29) is 17.7 Å². The molecule has 0 spiro atoms. The minimum Gasteiger partial charge on any atom is -0.486 e. The van der Waals surface area contributed by atoms with Gasteiger partial charge in [-0.15, -0.1) is 11.3 Å². The van der Waals surface area contributed by atoms with Gasteiger partial charge in [-0.05, 0) is 42.7 Å². The summed E-state index contributed by atoms with van der Waals surface area (Å²) in [6.07, 6.45) is 5.92. The molecule has 30 heavy (non-hydrogen) atoms. The normalized spacial score (nSPS) is 20.3. The van der Waals surface area contributed by atoms with Crippen LogP contribution in [0.1, 0.15) is 29.3 Å². The van der Waals surface area contributed by atoms with Crippen LogP contribution < -0.4 is 9.47 Å². The number of para-hydroxylation sites is 1. The highest BCUT2D eigenvalue weighted by Crippen LogP contribution is 2.39. The highest BCUT2D eigenvalue weighted by molar-refractivity contribution is 7.18. The predicted octanol–water partition coefficient (Wildman–Crippen LogP) is 4.78. The van der Waals surface area contributed by atoms with E-state index in [4.69, 9.17) is 14.5 Å². The number of carbonyl (C=O) groups excluding carboxylic acids is 1. The van der Waals surface area contributed by atoms with Gasteiger partial charge in [0.2, 0.25) is 5.91 Å². The van der Waals surface area contributed by atoms with Crippen LogP contribution in [-0.2, 0) is 11.3 Å². The molecule has 0 saturated heterocycles. The molecular weight excluding hydrogens is 396 g/mol. The molecule has 1 amide bonds. The van der Waals surface area contributed by atoms with E-state index >= 15 is 0 Å². The molecule has 1 aliphatic heterocycles. The van der Waals surface area contributed by atoms with Crippen molar-refractivity contribution in [1.29, 1.82) is 0 Å². The summed E-state index contributed by atoms with van der Waals surface area (Å²) in [6.45, 7) is 1.68. The number of rotatable bonds is 4. The first-order valence-electron chi connectivity index (χ1n) is 10.3. The first-order valence-corrected chi connectivity index (χ1v) is 11.1. The topological polar surface area (TPSA) is 51.7 Å². The number of allylic oxidation sites excluding steroid dienone is 2. The number of hydrogen-bond acceptors (Lipinski definition) is 5. The summed E-state index contributed by atoms with van der Waals surface area (Å²) in [5.41, 5.74) is 2.06. The largest absolute Gasteiger partial charge is 0.486 e. The van der Waals surface area contributed by atoms with Crippen molar-refractivity contribution in [3.05, 3.63) is 65.2 Å². The number of thiazole rings is 1. The Bertz CT molecular complexity index is 1070. The van der Waals surface area contributed by atoms with Crippen molar-refractivity contribution >= 4 is 27.5 Å². The van der Waals surface area contributed by atoms with Gasteiger partial charge < -0.3 is 14.4 Å². The van der Waals surface area contributed by atoms with E-state index in [0.29, 0.717) is 19.8 Å². The highest BCUT2D eigenvalue weighted by Gasteiger charge is 2.34. The first-order chi connectivity index (χ1) is 14.7. The van der Waals surface area contributed by atoms with Gasteiger partial charge in [-0.1, -0.05) is 30.4 Å². The third-order valence-corrected chi connectivity index (χ3v) is 6.95. The minimum atomic E-state index is -0.0854. The quantitative estimate of drug-likeness (QED) is 0.570. The average molecular weight is 421 g/mol. The maximum absolute atomic E-state index is 13.4. The van der Waals surface area contributed by atoms with E-state index in [9.17, 15) is 4.79 Å². The van der Waals surface area contributed by atoms with Crippen molar-refractivity contribution in [2.45, 2.75) is 25.3 Å². The summed E-state index contributed by atoms with van der Waals surface area (Å²) >= 11 is 1.71. The second-order valence-electron chi connectivity index (χ2n) is 7.85. The molecular formula is C24H24N2O3S. The molecule has 0 fully saturated rings. The number of amides is 1. The second kappa shape index (κ2) is 8.11. The van der Waals surface area contributed by atoms with Gasteiger partial charge in [-0.25, -0.2) is 4.98 Å². The standard InChI is InChI=1S/C24H24N2O3S/c1-26(15-16-10-11-20-21(14-16)29-13-12-28-20)24(27)18-7-3-2-6-17(18)23-25-19-8-4-5-9-22(19)30-23/h2-5,8-11,14,17-18H,6-7,12-13,15H2,1H3. The fraction of sp³-hybridized carbons (Fsp3) is 0.333. The fourth-order valence-corrected chi connectivity index (χ4v) is 5.38. The summed E-state index contributed by atoms with van der Waals surface area (Å²) in [5.74, 6) is 1.73. The first kappa shape index (κ1) is 19.1. The van der Waals surface area contributed by atoms with Gasteiger partial charge in [-0.3, -0.25) is 4.79 Å². The lowest BCUT2D eigenvalue weighted by atomic mass is 9.82. The monoisotopic (exact) mass is 420 g/mol. The zero-order chi connectivity index (χ0) is 20.5. The fourth-order valence-electron chi connectivity index (χ4n) is 4.23. The number of fused-ring (bicyclic) bond motifs is 2. The predicted molar refractivity (Wildman–Crippen MR) is 118 cm³/mol. The van der Waals surface area contributed by atoms with Crippen LogP contribution in [0.3, 0.4) is 0 Å². The lowest BCUT2D eigenvalue weighted by Crippen LogP contribution is -2.36. The molecule has 2 heterocycles. The van der Waals surface area contributed by atoms with Crippen LogP contribution in [0.15, 0.2) is 54.6 Å². The van der Waals surface area contributed by atoms with Crippen molar-refractivity contribution in [3.8, 4) is 11.5 Å². The van der Waals surface area contributed by atoms with Gasteiger partial charge in [0.15, 0.2) is 11.5 Å². The molecule has 2 aromatic carbocycles. The molecule has 1 aliphatic carbocycles. The molecule has 154 valence electrons. The zero-order valence-electron chi connectivity index (χ0n) is 16.9. The highest BCUT2D eigenvalue weighted by atomic mass is 32.1. The second-order valence-corrected chi connectivity index (χ2v) is 8.91. The molecule has 2 unspecified atom stereocenters. The lowest BCUT2D eigenvalue weighted by Gasteiger charge is -2.30. The van der Waals surface area contributed by atoms with Crippen LogP contribution in [0.2, 0.25) is 0 Å². The van der Waals surface area contributed by atoms with Crippen molar-refractivity contribution in [3.63, 3.8) is 0 Å². The maximum atomic E-state index is 13.4. The minimum absolute atomic E-state index is 0.0854. The Hall–Kier alpha value is -2.86. The number of carbonyl (C=O) groups is 1. The van der Waals surface area contributed by atoms with E-state index in [1.807, 2.05) is 48.3 Å². The molecule has 5 nitrogen and oxygen atoms in total. The summed E-state index contributed by atoms with van der Waals surface area (Å²) < 4.78 is 12.5. The Kier molecular flexibility index (Phi) is 5.17. The van der Waals surface area contributed by atoms with Crippen LogP contribution in [-0.4, -0.2) is 36.1 Å². The molecule has 0 saturated carbocycles. The number of hydrogen-bond donors (Lipinski definition) is 0. The van der Waals surface area contributed by atoms with Crippen molar-refractivity contribution < 1.29 is 14.3 Å². The summed E-state index contributed by atoms with van der Waals surface area (Å²) in [4.78, 5) is 20.1. The van der Waals surface area contributed by atoms with E-state index < -0.39 is 0 Å². The van der Waals surface area contributed by atoms with Crippen LogP contribution in [0.25, 0.3) is 10.2 Å².